The van der Waals surface area contributed by atoms with E-state index in [1.54, 1.807) is 0 Å². The number of rotatable bonds is 2. The quantitative estimate of drug-likeness (QED) is 0.340. The molecule has 0 N–H and O–H groups in total. The molecule has 0 fully saturated rings. The van der Waals surface area contributed by atoms with Crippen LogP contribution in [0.1, 0.15) is 49.9 Å². The molecule has 0 saturated carbocycles. The number of benzene rings is 4. The Morgan fingerprint density at radius 1 is 0.536 bits per heavy atom. The third kappa shape index (κ3) is 3.14. The lowest BCUT2D eigenvalue weighted by Crippen LogP contribution is -2.28. The summed E-state index contributed by atoms with van der Waals surface area (Å²) < 4.78 is 0. The van der Waals surface area contributed by atoms with Crippen molar-refractivity contribution >= 4 is 10.8 Å². The van der Waals surface area contributed by atoms with E-state index in [4.69, 9.17) is 0 Å². The normalized spacial score (nSPS) is 13.1. The van der Waals surface area contributed by atoms with E-state index in [2.05, 4.69) is 97.1 Å². The summed E-state index contributed by atoms with van der Waals surface area (Å²) in [5.74, 6) is 0. The molecule has 4 aromatic rings. The van der Waals surface area contributed by atoms with Gasteiger partial charge in [0.2, 0.25) is 0 Å². The molecule has 0 aromatic heterocycles. The molecule has 1 aliphatic rings. The van der Waals surface area contributed by atoms with Gasteiger partial charge in [-0.25, -0.2) is 0 Å². The average molecular weight is 367 g/mol. The molecule has 0 radical (unpaired) electrons. The Morgan fingerprint density at radius 2 is 1.04 bits per heavy atom. The van der Waals surface area contributed by atoms with E-state index < -0.39 is 0 Å². The zero-order valence-electron chi connectivity index (χ0n) is 17.4. The topological polar surface area (TPSA) is 0 Å². The molecule has 28 heavy (non-hydrogen) atoms. The summed E-state index contributed by atoms with van der Waals surface area (Å²) in [7, 11) is 0. The molecule has 0 aliphatic heterocycles. The Labute approximate surface area is 169 Å². The van der Waals surface area contributed by atoms with Gasteiger partial charge in [-0.05, 0) is 39.4 Å². The van der Waals surface area contributed by atoms with Gasteiger partial charge in [0.05, 0.1) is 0 Å². The van der Waals surface area contributed by atoms with Crippen LogP contribution in [-0.4, -0.2) is 0 Å². The summed E-state index contributed by atoms with van der Waals surface area (Å²) in [6, 6.07) is 35.4. The first-order chi connectivity index (χ1) is 13.9. The van der Waals surface area contributed by atoms with Gasteiger partial charge in [0, 0.05) is 5.41 Å². The van der Waals surface area contributed by atoms with Crippen LogP contribution in [0.5, 0.6) is 0 Å². The molecule has 0 nitrogen and oxygen atoms in total. The Morgan fingerprint density at radius 3 is 1.57 bits per heavy atom. The van der Waals surface area contributed by atoms with Gasteiger partial charge >= 0.3 is 0 Å². The molecule has 1 aliphatic carbocycles. The van der Waals surface area contributed by atoms with Gasteiger partial charge in [0.25, 0.3) is 0 Å². The molecule has 142 valence electrons. The lowest BCUT2D eigenvalue weighted by atomic mass is 9.70. The summed E-state index contributed by atoms with van der Waals surface area (Å²) >= 11 is 0. The van der Waals surface area contributed by atoms with Crippen molar-refractivity contribution in [3.8, 4) is 0 Å². The van der Waals surface area contributed by atoms with Crippen LogP contribution in [0.15, 0.2) is 97.1 Å². The smallest absolute Gasteiger partial charge is 0.0497 e. The summed E-state index contributed by atoms with van der Waals surface area (Å²) in [6.45, 7) is 8.00. The van der Waals surface area contributed by atoms with Crippen LogP contribution in [0.4, 0.5) is 0 Å². The third-order valence-corrected chi connectivity index (χ3v) is 5.44. The van der Waals surface area contributed by atoms with Gasteiger partial charge in [0.1, 0.15) is 0 Å². The van der Waals surface area contributed by atoms with Crippen molar-refractivity contribution in [3.05, 3.63) is 119 Å². The number of hydrogen-bond donors (Lipinski definition) is 0. The molecule has 0 spiro atoms. The van der Waals surface area contributed by atoms with Crippen molar-refractivity contribution in [2.24, 2.45) is 0 Å². The fourth-order valence-corrected chi connectivity index (χ4v) is 4.43. The molecule has 0 atom stereocenters. The minimum absolute atomic E-state index is 0.0916. The van der Waals surface area contributed by atoms with Crippen molar-refractivity contribution in [2.45, 2.75) is 39.5 Å². The van der Waals surface area contributed by atoms with E-state index >= 15 is 0 Å². The molecule has 4 aromatic carbocycles. The highest BCUT2D eigenvalue weighted by Crippen LogP contribution is 2.50. The first-order valence-corrected chi connectivity index (χ1v) is 10.5. The zero-order valence-corrected chi connectivity index (χ0v) is 17.4. The lowest BCUT2D eigenvalue weighted by Gasteiger charge is -2.32. The molecule has 0 amide bonds. The lowest BCUT2D eigenvalue weighted by molar-refractivity contribution is 0.641. The van der Waals surface area contributed by atoms with Crippen molar-refractivity contribution in [2.75, 3.05) is 0 Å². The van der Waals surface area contributed by atoms with Crippen LogP contribution in [0.25, 0.3) is 10.8 Å². The molecule has 0 bridgehead atoms. The first kappa shape index (κ1) is 19.9. The number of hydrogen-bond acceptors (Lipinski definition) is 0. The maximum absolute atomic E-state index is 2.32. The molecule has 5 rings (SSSR count). The maximum Gasteiger partial charge on any atom is 0.0497 e. The summed E-state index contributed by atoms with van der Waals surface area (Å²) in [5, 5.41) is 2.78. The summed E-state index contributed by atoms with van der Waals surface area (Å²) in [5.41, 5.74) is 5.55. The predicted molar refractivity (Wildman–Crippen MR) is 123 cm³/mol. The zero-order chi connectivity index (χ0) is 20.0. The fourth-order valence-electron chi connectivity index (χ4n) is 4.43. The van der Waals surface area contributed by atoms with Crippen LogP contribution >= 0.6 is 0 Å². The van der Waals surface area contributed by atoms with E-state index in [-0.39, 0.29) is 5.41 Å². The Balaban J connectivity index is 0.000000531. The predicted octanol–water partition coefficient (Wildman–Crippen LogP) is 7.78. The average Bonchev–Trinajstić information content (AvgIpc) is 3.15. The minimum atomic E-state index is -0.0916. The Kier molecular flexibility index (Phi) is 6.31. The highest BCUT2D eigenvalue weighted by molar-refractivity contribution is 5.94. The van der Waals surface area contributed by atoms with Crippen LogP contribution in [0, 0.1) is 0 Å². The fraction of sp³-hybridized carbons (Fsp3) is 0.214. The van der Waals surface area contributed by atoms with Gasteiger partial charge in [-0.2, -0.15) is 0 Å². The van der Waals surface area contributed by atoms with E-state index in [1.807, 2.05) is 27.7 Å². The minimum Gasteiger partial charge on any atom is -0.0683 e. The first-order valence-electron chi connectivity index (χ1n) is 10.5. The summed E-state index contributed by atoms with van der Waals surface area (Å²) in [6.07, 6.45) is 1.03. The second-order valence-electron chi connectivity index (χ2n) is 6.63. The van der Waals surface area contributed by atoms with Crippen molar-refractivity contribution < 1.29 is 0 Å². The van der Waals surface area contributed by atoms with Crippen LogP contribution in [-0.2, 0) is 11.8 Å². The van der Waals surface area contributed by atoms with Gasteiger partial charge in [-0.1, -0.05) is 125 Å². The van der Waals surface area contributed by atoms with Gasteiger partial charge in [-0.15, -0.1) is 0 Å². The highest BCUT2D eigenvalue weighted by Gasteiger charge is 2.42. The summed E-state index contributed by atoms with van der Waals surface area (Å²) in [4.78, 5) is 0. The molecule has 0 unspecified atom stereocenters. The van der Waals surface area contributed by atoms with Crippen LogP contribution in [0.2, 0.25) is 0 Å². The molecule has 0 saturated heterocycles. The van der Waals surface area contributed by atoms with Crippen LogP contribution in [0.3, 0.4) is 0 Å². The third-order valence-electron chi connectivity index (χ3n) is 5.44. The van der Waals surface area contributed by atoms with E-state index in [1.165, 1.54) is 33.0 Å². The largest absolute Gasteiger partial charge is 0.0683 e. The second-order valence-corrected chi connectivity index (χ2v) is 6.63. The van der Waals surface area contributed by atoms with Crippen molar-refractivity contribution in [1.82, 2.24) is 0 Å². The SMILES string of the molecule is CC.CC.c1ccc(C2(c3ccccc3)Cc3cccc4cccc2c34)cc1. The van der Waals surface area contributed by atoms with E-state index in [0.29, 0.717) is 0 Å². The molecule has 0 heterocycles. The van der Waals surface area contributed by atoms with E-state index in [0.717, 1.165) is 6.42 Å². The van der Waals surface area contributed by atoms with Gasteiger partial charge in [0.15, 0.2) is 0 Å². The van der Waals surface area contributed by atoms with Crippen molar-refractivity contribution in [3.63, 3.8) is 0 Å². The second kappa shape index (κ2) is 8.89. The van der Waals surface area contributed by atoms with Crippen LogP contribution < -0.4 is 0 Å². The van der Waals surface area contributed by atoms with E-state index in [9.17, 15) is 0 Å². The Bertz CT molecular complexity index is 969. The molecular weight excluding hydrogens is 336 g/mol. The van der Waals surface area contributed by atoms with Gasteiger partial charge < -0.3 is 0 Å². The molecule has 0 heteroatoms. The highest BCUT2D eigenvalue weighted by atomic mass is 14.4. The standard InChI is InChI=1S/C24H18.2C2H6/c1-3-12-20(13-4-1)24(21-14-5-2-6-15-21)17-19-11-7-9-18-10-8-16-22(24)23(18)19;2*1-2/h1-16H,17H2;2*1-2H3. The maximum atomic E-state index is 2.32. The Hall–Kier alpha value is -2.86. The monoisotopic (exact) mass is 366 g/mol. The molecular formula is C28H30. The van der Waals surface area contributed by atoms with Crippen molar-refractivity contribution in [1.29, 1.82) is 0 Å². The van der Waals surface area contributed by atoms with Gasteiger partial charge in [-0.3, -0.25) is 0 Å².